The third-order valence-corrected chi connectivity index (χ3v) is 6.32. The molecular formula is C10H8Br2O2S2. The number of thiophene rings is 2. The van der Waals surface area contributed by atoms with Gasteiger partial charge in [-0.3, -0.25) is 0 Å². The monoisotopic (exact) mass is 382 g/mol. The van der Waals surface area contributed by atoms with Gasteiger partial charge in [0, 0.05) is 9.35 Å². The molecule has 16 heavy (non-hydrogen) atoms. The first-order valence-electron chi connectivity index (χ1n) is 4.37. The average molecular weight is 384 g/mol. The van der Waals surface area contributed by atoms with Gasteiger partial charge in [-0.05, 0) is 49.4 Å². The molecule has 0 radical (unpaired) electrons. The van der Waals surface area contributed by atoms with Crippen LogP contribution in [0.4, 0.5) is 0 Å². The number of methoxy groups -OCH3 is 1. The first kappa shape index (κ1) is 12.6. The molecule has 0 saturated carbocycles. The predicted octanol–water partition coefficient (Wildman–Crippen LogP) is 4.42. The maximum Gasteiger partial charge on any atom is 0.135 e. The van der Waals surface area contributed by atoms with E-state index in [1.807, 2.05) is 17.5 Å². The highest BCUT2D eigenvalue weighted by Crippen LogP contribution is 2.41. The molecule has 1 N–H and O–H groups in total. The van der Waals surface area contributed by atoms with E-state index < -0.39 is 6.10 Å². The minimum absolute atomic E-state index is 0.623. The van der Waals surface area contributed by atoms with Gasteiger partial charge in [0.1, 0.15) is 11.9 Å². The number of aliphatic hydroxyl groups is 1. The Balaban J connectivity index is 2.35. The van der Waals surface area contributed by atoms with E-state index >= 15 is 0 Å². The third kappa shape index (κ3) is 2.36. The van der Waals surface area contributed by atoms with Crippen LogP contribution in [0.25, 0.3) is 0 Å². The molecule has 2 aromatic heterocycles. The quantitative estimate of drug-likeness (QED) is 0.849. The van der Waals surface area contributed by atoms with Crippen LogP contribution in [-0.4, -0.2) is 12.2 Å². The lowest BCUT2D eigenvalue weighted by Crippen LogP contribution is -1.96. The van der Waals surface area contributed by atoms with Crippen LogP contribution in [0.3, 0.4) is 0 Å². The lowest BCUT2D eigenvalue weighted by molar-refractivity contribution is 0.223. The molecule has 0 aliphatic heterocycles. The van der Waals surface area contributed by atoms with Crippen LogP contribution < -0.4 is 4.74 Å². The van der Waals surface area contributed by atoms with E-state index in [-0.39, 0.29) is 0 Å². The highest BCUT2D eigenvalue weighted by molar-refractivity contribution is 9.13. The molecule has 0 aromatic carbocycles. The van der Waals surface area contributed by atoms with Crippen molar-refractivity contribution in [1.29, 1.82) is 0 Å². The fraction of sp³-hybridized carbons (Fsp3) is 0.200. The summed E-state index contributed by atoms with van der Waals surface area (Å²) < 4.78 is 7.14. The van der Waals surface area contributed by atoms with Crippen molar-refractivity contribution in [2.24, 2.45) is 0 Å². The normalized spacial score (nSPS) is 12.8. The van der Waals surface area contributed by atoms with E-state index in [2.05, 4.69) is 31.9 Å². The molecule has 1 atom stereocenters. The smallest absolute Gasteiger partial charge is 0.135 e. The van der Waals surface area contributed by atoms with Crippen LogP contribution in [0, 0.1) is 0 Å². The number of hydrogen-bond acceptors (Lipinski definition) is 4. The number of hydrogen-bond donors (Lipinski definition) is 1. The third-order valence-electron chi connectivity index (χ3n) is 2.06. The number of aliphatic hydroxyl groups excluding tert-OH is 1. The molecule has 2 nitrogen and oxygen atoms in total. The summed E-state index contributed by atoms with van der Waals surface area (Å²) in [6.45, 7) is 0. The minimum Gasteiger partial charge on any atom is -0.495 e. The lowest BCUT2D eigenvalue weighted by atomic mass is 10.2. The number of halogens is 2. The first-order chi connectivity index (χ1) is 7.63. The molecule has 2 aromatic rings. The standard InChI is InChI=1S/C10H8Br2O2S2/c1-14-6-2-3-15-9(6)8(13)7-4-5(11)10(12)16-7/h2-4,8,13H,1H3. The van der Waals surface area contributed by atoms with Crippen molar-refractivity contribution in [1.82, 2.24) is 0 Å². The van der Waals surface area contributed by atoms with Crippen molar-refractivity contribution in [3.63, 3.8) is 0 Å². The molecule has 0 amide bonds. The van der Waals surface area contributed by atoms with Gasteiger partial charge in [0.15, 0.2) is 0 Å². The number of rotatable bonds is 3. The molecule has 1 unspecified atom stereocenters. The van der Waals surface area contributed by atoms with Crippen LogP contribution in [0.1, 0.15) is 15.9 Å². The molecule has 6 heteroatoms. The summed E-state index contributed by atoms with van der Waals surface area (Å²) in [6.07, 6.45) is -0.623. The molecule has 2 heterocycles. The van der Waals surface area contributed by atoms with Crippen molar-refractivity contribution in [3.05, 3.63) is 35.5 Å². The second-order valence-corrected chi connectivity index (χ2v) is 7.23. The summed E-state index contributed by atoms with van der Waals surface area (Å²) in [5, 5.41) is 12.1. The zero-order chi connectivity index (χ0) is 11.7. The average Bonchev–Trinajstić information content (AvgIpc) is 2.85. The Bertz CT molecular complexity index is 473. The molecule has 86 valence electrons. The van der Waals surface area contributed by atoms with Crippen LogP contribution in [0.15, 0.2) is 25.8 Å². The molecule has 0 aliphatic carbocycles. The summed E-state index contributed by atoms with van der Waals surface area (Å²) in [5.74, 6) is 0.734. The summed E-state index contributed by atoms with van der Waals surface area (Å²) in [4.78, 5) is 1.73. The van der Waals surface area contributed by atoms with Gasteiger partial charge in [-0.15, -0.1) is 22.7 Å². The molecule has 2 rings (SSSR count). The van der Waals surface area contributed by atoms with Crippen molar-refractivity contribution in [3.8, 4) is 5.75 Å². The highest BCUT2D eigenvalue weighted by atomic mass is 79.9. The van der Waals surface area contributed by atoms with E-state index in [0.717, 1.165) is 23.8 Å². The largest absolute Gasteiger partial charge is 0.495 e. The topological polar surface area (TPSA) is 29.5 Å². The molecule has 0 spiro atoms. The maximum absolute atomic E-state index is 10.2. The van der Waals surface area contributed by atoms with Crippen molar-refractivity contribution in [2.75, 3.05) is 7.11 Å². The highest BCUT2D eigenvalue weighted by Gasteiger charge is 2.19. The SMILES string of the molecule is COc1ccsc1C(O)c1cc(Br)c(Br)s1. The van der Waals surface area contributed by atoms with Gasteiger partial charge in [0.25, 0.3) is 0 Å². The fourth-order valence-electron chi connectivity index (χ4n) is 1.30. The van der Waals surface area contributed by atoms with Crippen LogP contribution in [0.5, 0.6) is 5.75 Å². The Morgan fingerprint density at radius 1 is 1.44 bits per heavy atom. The molecule has 0 aliphatic rings. The summed E-state index contributed by atoms with van der Waals surface area (Å²) in [7, 11) is 1.61. The Hall–Kier alpha value is 0.120. The lowest BCUT2D eigenvalue weighted by Gasteiger charge is -2.08. The fourth-order valence-corrected chi connectivity index (χ4v) is 4.33. The first-order valence-corrected chi connectivity index (χ1v) is 7.66. The minimum atomic E-state index is -0.623. The second-order valence-electron chi connectivity index (χ2n) is 3.03. The zero-order valence-corrected chi connectivity index (χ0v) is 13.0. The van der Waals surface area contributed by atoms with Gasteiger partial charge >= 0.3 is 0 Å². The van der Waals surface area contributed by atoms with Crippen molar-refractivity contribution >= 4 is 54.5 Å². The molecule has 0 fully saturated rings. The zero-order valence-electron chi connectivity index (χ0n) is 8.24. The Morgan fingerprint density at radius 2 is 2.19 bits per heavy atom. The van der Waals surface area contributed by atoms with Crippen LogP contribution in [0.2, 0.25) is 0 Å². The van der Waals surface area contributed by atoms with E-state index in [1.165, 1.54) is 22.7 Å². The molecule has 0 bridgehead atoms. The van der Waals surface area contributed by atoms with E-state index in [4.69, 9.17) is 4.74 Å². The predicted molar refractivity (Wildman–Crippen MR) is 74.7 cm³/mol. The second kappa shape index (κ2) is 5.18. The summed E-state index contributed by atoms with van der Waals surface area (Å²) in [5.41, 5.74) is 0. The maximum atomic E-state index is 10.2. The van der Waals surface area contributed by atoms with Gasteiger partial charge in [0.2, 0.25) is 0 Å². The van der Waals surface area contributed by atoms with Gasteiger partial charge < -0.3 is 9.84 Å². The van der Waals surface area contributed by atoms with E-state index in [9.17, 15) is 5.11 Å². The Morgan fingerprint density at radius 3 is 2.75 bits per heavy atom. The Labute approximate surface area is 118 Å². The van der Waals surface area contributed by atoms with Gasteiger partial charge in [0.05, 0.1) is 15.8 Å². The summed E-state index contributed by atoms with van der Waals surface area (Å²) in [6, 6.07) is 3.78. The molecular weight excluding hydrogens is 376 g/mol. The van der Waals surface area contributed by atoms with E-state index in [0.29, 0.717) is 0 Å². The van der Waals surface area contributed by atoms with Gasteiger partial charge in [-0.25, -0.2) is 0 Å². The van der Waals surface area contributed by atoms with Crippen LogP contribution in [-0.2, 0) is 0 Å². The number of ether oxygens (including phenoxy) is 1. The van der Waals surface area contributed by atoms with E-state index in [1.54, 1.807) is 7.11 Å². The van der Waals surface area contributed by atoms with Gasteiger partial charge in [-0.1, -0.05) is 0 Å². The van der Waals surface area contributed by atoms with Gasteiger partial charge in [-0.2, -0.15) is 0 Å². The van der Waals surface area contributed by atoms with Crippen molar-refractivity contribution in [2.45, 2.75) is 6.10 Å². The van der Waals surface area contributed by atoms with Crippen molar-refractivity contribution < 1.29 is 9.84 Å². The summed E-state index contributed by atoms with van der Waals surface area (Å²) >= 11 is 9.83. The Kier molecular flexibility index (Phi) is 4.07. The van der Waals surface area contributed by atoms with Crippen LogP contribution >= 0.6 is 54.5 Å². The molecule has 0 saturated heterocycles.